The molecule has 0 N–H and O–H groups in total. The largest absolute Gasteiger partial charge is 0.384 e. The van der Waals surface area contributed by atoms with Gasteiger partial charge in [-0.25, -0.2) is 17.6 Å². The Morgan fingerprint density at radius 3 is 2.06 bits per heavy atom. The van der Waals surface area contributed by atoms with Gasteiger partial charge in [-0.2, -0.15) is 0 Å². The Balaban J connectivity index is 1.43. The van der Waals surface area contributed by atoms with Gasteiger partial charge in [0.1, 0.15) is 11.6 Å². The second kappa shape index (κ2) is 10.4. The minimum atomic E-state index is -0.955. The molecule has 1 saturated carbocycles. The van der Waals surface area contributed by atoms with Crippen LogP contribution in [-0.4, -0.2) is 13.7 Å². The van der Waals surface area contributed by atoms with Crippen molar-refractivity contribution in [2.45, 2.75) is 38.5 Å². The van der Waals surface area contributed by atoms with Crippen LogP contribution in [0.15, 0.2) is 42.5 Å². The van der Waals surface area contributed by atoms with E-state index < -0.39 is 23.3 Å². The smallest absolute Gasteiger partial charge is 0.159 e. The van der Waals surface area contributed by atoms with Crippen LogP contribution in [0.2, 0.25) is 0 Å². The zero-order chi connectivity index (χ0) is 23.4. The molecule has 0 atom stereocenters. The van der Waals surface area contributed by atoms with E-state index in [0.29, 0.717) is 40.2 Å². The molecule has 1 fully saturated rings. The van der Waals surface area contributed by atoms with E-state index in [9.17, 15) is 17.6 Å². The van der Waals surface area contributed by atoms with Crippen molar-refractivity contribution in [3.63, 3.8) is 0 Å². The number of ether oxygens (including phenoxy) is 1. The Morgan fingerprint density at radius 1 is 0.758 bits per heavy atom. The topological polar surface area (TPSA) is 9.23 Å². The van der Waals surface area contributed by atoms with Gasteiger partial charge in [0.2, 0.25) is 0 Å². The first kappa shape index (κ1) is 23.3. The molecule has 5 heteroatoms. The average molecular weight is 455 g/mol. The Hall–Kier alpha value is -2.84. The lowest BCUT2D eigenvalue weighted by Gasteiger charge is -2.28. The van der Waals surface area contributed by atoms with Gasteiger partial charge in [-0.1, -0.05) is 30.7 Å². The van der Waals surface area contributed by atoms with Crippen LogP contribution >= 0.6 is 0 Å². The van der Waals surface area contributed by atoms with Crippen LogP contribution in [0.1, 0.15) is 48.8 Å². The summed E-state index contributed by atoms with van der Waals surface area (Å²) in [5.41, 5.74) is 0.808. The number of aryl methyl sites for hydroxylation is 1. The average Bonchev–Trinajstić information content (AvgIpc) is 2.79. The SMILES string of the molecule is COCC1CCC(CCc2cc(F)c(C#Cc3ccc4cc(F)c(F)cc4c3)c(F)c2)CC1. The quantitative estimate of drug-likeness (QED) is 0.293. The highest BCUT2D eigenvalue weighted by Gasteiger charge is 2.21. The van der Waals surface area contributed by atoms with Gasteiger partial charge < -0.3 is 4.74 Å². The lowest BCUT2D eigenvalue weighted by molar-refractivity contribution is 0.117. The molecule has 1 aliphatic rings. The molecule has 0 unspecified atom stereocenters. The summed E-state index contributed by atoms with van der Waals surface area (Å²) in [6.07, 6.45) is 6.10. The molecular weight excluding hydrogens is 428 g/mol. The Bertz CT molecular complexity index is 1180. The maximum absolute atomic E-state index is 14.6. The molecule has 1 nitrogen and oxygen atoms in total. The van der Waals surface area contributed by atoms with Gasteiger partial charge in [0.25, 0.3) is 0 Å². The number of halogens is 4. The van der Waals surface area contributed by atoms with Crippen LogP contribution in [0.4, 0.5) is 17.6 Å². The molecule has 3 aromatic carbocycles. The van der Waals surface area contributed by atoms with E-state index in [4.69, 9.17) is 4.74 Å². The maximum atomic E-state index is 14.6. The standard InChI is InChI=1S/C28H26F4O/c1-33-17-20-5-2-18(3-6-20)4-7-21-13-25(29)24(26(30)14-21)11-9-19-8-10-22-15-27(31)28(32)16-23(22)12-19/h8,10,12-16,18,20H,2-7,17H2,1H3. The number of fused-ring (bicyclic) bond motifs is 1. The molecule has 0 heterocycles. The molecule has 33 heavy (non-hydrogen) atoms. The Morgan fingerprint density at radius 2 is 1.39 bits per heavy atom. The molecule has 4 rings (SSSR count). The number of rotatable bonds is 5. The molecule has 0 spiro atoms. The van der Waals surface area contributed by atoms with Gasteiger partial charge in [0.15, 0.2) is 11.6 Å². The Kier molecular flexibility index (Phi) is 7.35. The van der Waals surface area contributed by atoms with Gasteiger partial charge >= 0.3 is 0 Å². The third kappa shape index (κ3) is 5.75. The summed E-state index contributed by atoms with van der Waals surface area (Å²) < 4.78 is 61.3. The lowest BCUT2D eigenvalue weighted by Crippen LogP contribution is -2.18. The second-order valence-corrected chi connectivity index (χ2v) is 8.89. The van der Waals surface area contributed by atoms with Crippen LogP contribution in [0.5, 0.6) is 0 Å². The number of methoxy groups -OCH3 is 1. The minimum Gasteiger partial charge on any atom is -0.384 e. The van der Waals surface area contributed by atoms with Crippen LogP contribution < -0.4 is 0 Å². The van der Waals surface area contributed by atoms with Crippen molar-refractivity contribution in [1.82, 2.24) is 0 Å². The van der Waals surface area contributed by atoms with E-state index in [1.165, 1.54) is 12.1 Å². The summed E-state index contributed by atoms with van der Waals surface area (Å²) in [6, 6.07) is 9.68. The summed E-state index contributed by atoms with van der Waals surface area (Å²) in [7, 11) is 1.73. The van der Waals surface area contributed by atoms with E-state index in [-0.39, 0.29) is 5.56 Å². The van der Waals surface area contributed by atoms with Crippen molar-refractivity contribution >= 4 is 10.8 Å². The van der Waals surface area contributed by atoms with Crippen molar-refractivity contribution in [2.24, 2.45) is 11.8 Å². The molecule has 3 aromatic rings. The zero-order valence-electron chi connectivity index (χ0n) is 18.6. The van der Waals surface area contributed by atoms with Crippen molar-refractivity contribution in [3.8, 4) is 11.8 Å². The summed E-state index contributed by atoms with van der Waals surface area (Å²) in [6.45, 7) is 0.806. The molecule has 0 amide bonds. The third-order valence-electron chi connectivity index (χ3n) is 6.52. The molecular formula is C28H26F4O. The maximum Gasteiger partial charge on any atom is 0.159 e. The lowest BCUT2D eigenvalue weighted by atomic mass is 9.80. The molecule has 0 aromatic heterocycles. The van der Waals surface area contributed by atoms with Gasteiger partial charge in [-0.05, 0) is 90.3 Å². The van der Waals surface area contributed by atoms with Crippen molar-refractivity contribution in [1.29, 1.82) is 0 Å². The fourth-order valence-corrected chi connectivity index (χ4v) is 4.64. The summed E-state index contributed by atoms with van der Waals surface area (Å²) in [5.74, 6) is 3.24. The molecule has 0 radical (unpaired) electrons. The molecule has 0 bridgehead atoms. The fraction of sp³-hybridized carbons (Fsp3) is 0.357. The highest BCUT2D eigenvalue weighted by atomic mass is 19.2. The Labute approximate surface area is 191 Å². The monoisotopic (exact) mass is 454 g/mol. The van der Waals surface area contributed by atoms with Gasteiger partial charge in [-0.15, -0.1) is 0 Å². The fourth-order valence-electron chi connectivity index (χ4n) is 4.64. The first-order valence-electron chi connectivity index (χ1n) is 11.3. The van der Waals surface area contributed by atoms with E-state index in [2.05, 4.69) is 11.8 Å². The minimum absolute atomic E-state index is 0.288. The first-order chi connectivity index (χ1) is 15.9. The highest BCUT2D eigenvalue weighted by molar-refractivity contribution is 5.84. The molecule has 1 aliphatic carbocycles. The number of hydrogen-bond donors (Lipinski definition) is 0. The van der Waals surface area contributed by atoms with Crippen LogP contribution in [-0.2, 0) is 11.2 Å². The highest BCUT2D eigenvalue weighted by Crippen LogP contribution is 2.32. The van der Waals surface area contributed by atoms with Crippen LogP contribution in [0.3, 0.4) is 0 Å². The van der Waals surface area contributed by atoms with Crippen molar-refractivity contribution < 1.29 is 22.3 Å². The van der Waals surface area contributed by atoms with E-state index in [1.807, 2.05) is 0 Å². The third-order valence-corrected chi connectivity index (χ3v) is 6.52. The van der Waals surface area contributed by atoms with E-state index in [0.717, 1.165) is 50.8 Å². The van der Waals surface area contributed by atoms with Gasteiger partial charge in [0.05, 0.1) is 5.56 Å². The summed E-state index contributed by atoms with van der Waals surface area (Å²) in [5, 5.41) is 0.988. The summed E-state index contributed by atoms with van der Waals surface area (Å²) >= 11 is 0. The van der Waals surface area contributed by atoms with E-state index >= 15 is 0 Å². The first-order valence-corrected chi connectivity index (χ1v) is 11.3. The zero-order valence-corrected chi connectivity index (χ0v) is 18.6. The van der Waals surface area contributed by atoms with Crippen molar-refractivity contribution in [3.05, 3.63) is 82.4 Å². The van der Waals surface area contributed by atoms with Gasteiger partial charge in [-0.3, -0.25) is 0 Å². The van der Waals surface area contributed by atoms with Crippen LogP contribution in [0, 0.1) is 46.9 Å². The predicted molar refractivity (Wildman–Crippen MR) is 122 cm³/mol. The van der Waals surface area contributed by atoms with Gasteiger partial charge in [0, 0.05) is 19.3 Å². The second-order valence-electron chi connectivity index (χ2n) is 8.89. The predicted octanol–water partition coefficient (Wildman–Crippen LogP) is 7.18. The van der Waals surface area contributed by atoms with Crippen LogP contribution in [0.25, 0.3) is 10.8 Å². The normalized spacial score (nSPS) is 18.2. The molecule has 0 saturated heterocycles. The molecule has 0 aliphatic heterocycles. The van der Waals surface area contributed by atoms with E-state index in [1.54, 1.807) is 25.3 Å². The molecule has 172 valence electrons. The summed E-state index contributed by atoms with van der Waals surface area (Å²) in [4.78, 5) is 0. The van der Waals surface area contributed by atoms with Crippen molar-refractivity contribution in [2.75, 3.05) is 13.7 Å². The number of benzene rings is 3. The number of hydrogen-bond acceptors (Lipinski definition) is 1.